The third-order valence-corrected chi connectivity index (χ3v) is 4.41. The summed E-state index contributed by atoms with van der Waals surface area (Å²) in [5, 5.41) is 5.20. The van der Waals surface area contributed by atoms with Crippen molar-refractivity contribution in [3.05, 3.63) is 57.8 Å². The first-order chi connectivity index (χ1) is 11.1. The van der Waals surface area contributed by atoms with Gasteiger partial charge in [0.15, 0.2) is 0 Å². The van der Waals surface area contributed by atoms with Crippen LogP contribution in [0.2, 0.25) is 0 Å². The lowest BCUT2D eigenvalue weighted by molar-refractivity contribution is -0.139. The maximum atomic E-state index is 11.8. The van der Waals surface area contributed by atoms with E-state index in [2.05, 4.69) is 10.6 Å². The lowest BCUT2D eigenvalue weighted by Gasteiger charge is -2.14. The zero-order valence-corrected chi connectivity index (χ0v) is 14.0. The molecule has 2 N–H and O–H groups in total. The molecule has 2 amide bonds. The summed E-state index contributed by atoms with van der Waals surface area (Å²) in [5.74, 6) is -1.30. The number of nitrogens with one attached hydrogen (secondary N) is 2. The molecule has 0 aliphatic heterocycles. The van der Waals surface area contributed by atoms with E-state index in [9.17, 15) is 9.59 Å². The Hall–Kier alpha value is -2.18. The molecule has 1 aromatic heterocycles. The Balaban J connectivity index is 1.80. The van der Waals surface area contributed by atoms with Gasteiger partial charge in [-0.3, -0.25) is 9.59 Å². The van der Waals surface area contributed by atoms with E-state index in [4.69, 9.17) is 4.74 Å². The highest BCUT2D eigenvalue weighted by Crippen LogP contribution is 2.24. The van der Waals surface area contributed by atoms with Gasteiger partial charge in [-0.2, -0.15) is 0 Å². The van der Waals surface area contributed by atoms with Crippen molar-refractivity contribution in [3.63, 3.8) is 0 Å². The molecule has 122 valence electrons. The van der Waals surface area contributed by atoms with Crippen molar-refractivity contribution in [1.82, 2.24) is 10.6 Å². The number of amides is 2. The molecule has 2 rings (SSSR count). The van der Waals surface area contributed by atoms with E-state index in [0.29, 0.717) is 6.54 Å². The number of benzene rings is 1. The summed E-state index contributed by atoms with van der Waals surface area (Å²) in [6, 6.07) is 13.4. The number of methoxy groups -OCH3 is 1. The topological polar surface area (TPSA) is 67.4 Å². The van der Waals surface area contributed by atoms with Crippen LogP contribution in [0.4, 0.5) is 0 Å². The van der Waals surface area contributed by atoms with Crippen LogP contribution in [0.1, 0.15) is 21.4 Å². The summed E-state index contributed by atoms with van der Waals surface area (Å²) in [5.41, 5.74) is 0.942. The van der Waals surface area contributed by atoms with Crippen LogP contribution < -0.4 is 10.6 Å². The Morgan fingerprint density at radius 2 is 1.78 bits per heavy atom. The second kappa shape index (κ2) is 8.45. The van der Waals surface area contributed by atoms with E-state index in [1.54, 1.807) is 18.4 Å². The van der Waals surface area contributed by atoms with Gasteiger partial charge in [0.25, 0.3) is 0 Å². The Labute approximate surface area is 139 Å². The number of hydrogen-bond donors (Lipinski definition) is 2. The molecule has 5 nitrogen and oxygen atoms in total. The molecule has 0 fully saturated rings. The monoisotopic (exact) mass is 332 g/mol. The summed E-state index contributed by atoms with van der Waals surface area (Å²) < 4.78 is 5.37. The van der Waals surface area contributed by atoms with Gasteiger partial charge in [0.05, 0.1) is 0 Å². The van der Waals surface area contributed by atoms with Crippen molar-refractivity contribution in [2.75, 3.05) is 13.7 Å². The van der Waals surface area contributed by atoms with Gasteiger partial charge in [-0.05, 0) is 24.6 Å². The molecule has 0 radical (unpaired) electrons. The fourth-order valence-corrected chi connectivity index (χ4v) is 3.01. The lowest BCUT2D eigenvalue weighted by atomic mass is 10.2. The molecule has 2 aromatic rings. The van der Waals surface area contributed by atoms with Crippen LogP contribution >= 0.6 is 11.3 Å². The fourth-order valence-electron chi connectivity index (χ4n) is 2.05. The zero-order valence-electron chi connectivity index (χ0n) is 13.2. The largest absolute Gasteiger partial charge is 0.374 e. The van der Waals surface area contributed by atoms with Crippen molar-refractivity contribution in [3.8, 4) is 0 Å². The first-order valence-corrected chi connectivity index (χ1v) is 8.11. The van der Waals surface area contributed by atoms with E-state index in [-0.39, 0.29) is 12.6 Å². The number of ether oxygens (including phenoxy) is 1. The van der Waals surface area contributed by atoms with E-state index in [0.717, 1.165) is 10.4 Å². The molecule has 1 atom stereocenters. The number of carbonyl (C=O) groups is 2. The molecule has 1 unspecified atom stereocenters. The smallest absolute Gasteiger partial charge is 0.309 e. The van der Waals surface area contributed by atoms with Crippen LogP contribution in [0.25, 0.3) is 0 Å². The summed E-state index contributed by atoms with van der Waals surface area (Å²) >= 11 is 1.61. The number of hydrogen-bond acceptors (Lipinski definition) is 4. The Morgan fingerprint density at radius 1 is 1.09 bits per heavy atom. The molecule has 0 saturated heterocycles. The van der Waals surface area contributed by atoms with Crippen LogP contribution in [0, 0.1) is 6.92 Å². The molecule has 6 heteroatoms. The minimum atomic E-state index is -0.656. The van der Waals surface area contributed by atoms with E-state index in [1.807, 2.05) is 49.4 Å². The summed E-state index contributed by atoms with van der Waals surface area (Å²) in [4.78, 5) is 25.8. The molecule has 0 aliphatic carbocycles. The minimum Gasteiger partial charge on any atom is -0.374 e. The molecule has 0 aliphatic rings. The van der Waals surface area contributed by atoms with Crippen molar-refractivity contribution < 1.29 is 14.3 Å². The minimum absolute atomic E-state index is 0.250. The van der Waals surface area contributed by atoms with Crippen molar-refractivity contribution >= 4 is 23.2 Å². The first kappa shape index (κ1) is 17.2. The van der Waals surface area contributed by atoms with Crippen molar-refractivity contribution in [1.29, 1.82) is 0 Å². The summed E-state index contributed by atoms with van der Waals surface area (Å²) in [7, 11) is 1.58. The van der Waals surface area contributed by atoms with Crippen LogP contribution in [0.3, 0.4) is 0 Å². The normalized spacial score (nSPS) is 11.7. The standard InChI is InChI=1S/C17H20N2O3S/c1-12-8-9-15(23-12)14(22-2)11-19-17(21)16(20)18-10-13-6-4-3-5-7-13/h3-9,14H,10-11H2,1-2H3,(H,18,20)(H,19,21). The van der Waals surface area contributed by atoms with Crippen molar-refractivity contribution in [2.45, 2.75) is 19.6 Å². The van der Waals surface area contributed by atoms with Crippen LogP contribution in [0.15, 0.2) is 42.5 Å². The first-order valence-electron chi connectivity index (χ1n) is 7.29. The number of rotatable bonds is 6. The molecular weight excluding hydrogens is 312 g/mol. The average molecular weight is 332 g/mol. The average Bonchev–Trinajstić information content (AvgIpc) is 3.00. The van der Waals surface area contributed by atoms with Gasteiger partial charge in [-0.15, -0.1) is 11.3 Å². The second-order valence-electron chi connectivity index (χ2n) is 5.05. The Morgan fingerprint density at radius 3 is 2.39 bits per heavy atom. The van der Waals surface area contributed by atoms with E-state index >= 15 is 0 Å². The highest BCUT2D eigenvalue weighted by Gasteiger charge is 2.17. The third kappa shape index (κ3) is 5.19. The molecule has 1 aromatic carbocycles. The SMILES string of the molecule is COC(CNC(=O)C(=O)NCc1ccccc1)c1ccc(C)s1. The zero-order chi connectivity index (χ0) is 16.7. The summed E-state index contributed by atoms with van der Waals surface area (Å²) in [6.45, 7) is 2.59. The molecular formula is C17H20N2O3S. The van der Waals surface area contributed by atoms with Crippen LogP contribution in [-0.2, 0) is 20.9 Å². The number of thiophene rings is 1. The number of carbonyl (C=O) groups excluding carboxylic acids is 2. The van der Waals surface area contributed by atoms with E-state index in [1.165, 1.54) is 4.88 Å². The number of aryl methyl sites for hydroxylation is 1. The van der Waals surface area contributed by atoms with Gasteiger partial charge in [0.1, 0.15) is 6.10 Å². The third-order valence-electron chi connectivity index (χ3n) is 3.31. The molecule has 0 bridgehead atoms. The Bertz CT molecular complexity index is 655. The van der Waals surface area contributed by atoms with Gasteiger partial charge >= 0.3 is 11.8 Å². The summed E-state index contributed by atoms with van der Waals surface area (Å²) in [6.07, 6.45) is -0.250. The van der Waals surface area contributed by atoms with Gasteiger partial charge in [-0.25, -0.2) is 0 Å². The maximum Gasteiger partial charge on any atom is 0.309 e. The molecule has 0 saturated carbocycles. The van der Waals surface area contributed by atoms with Gasteiger partial charge in [0, 0.05) is 30.0 Å². The predicted octanol–water partition coefficient (Wildman–Crippen LogP) is 2.18. The molecule has 1 heterocycles. The second-order valence-corrected chi connectivity index (χ2v) is 6.37. The fraction of sp³-hybridized carbons (Fsp3) is 0.294. The van der Waals surface area contributed by atoms with Gasteiger partial charge < -0.3 is 15.4 Å². The predicted molar refractivity (Wildman–Crippen MR) is 90.1 cm³/mol. The molecule has 0 spiro atoms. The maximum absolute atomic E-state index is 11.8. The van der Waals surface area contributed by atoms with Crippen molar-refractivity contribution in [2.24, 2.45) is 0 Å². The highest BCUT2D eigenvalue weighted by atomic mass is 32.1. The Kier molecular flexibility index (Phi) is 6.31. The van der Waals surface area contributed by atoms with E-state index < -0.39 is 11.8 Å². The molecule has 23 heavy (non-hydrogen) atoms. The highest BCUT2D eigenvalue weighted by molar-refractivity contribution is 7.12. The van der Waals surface area contributed by atoms with Crippen LogP contribution in [0.5, 0.6) is 0 Å². The van der Waals surface area contributed by atoms with Crippen LogP contribution in [-0.4, -0.2) is 25.5 Å². The van der Waals surface area contributed by atoms with Gasteiger partial charge in [-0.1, -0.05) is 30.3 Å². The lowest BCUT2D eigenvalue weighted by Crippen LogP contribution is -2.41. The quantitative estimate of drug-likeness (QED) is 0.797. The van der Waals surface area contributed by atoms with Gasteiger partial charge in [0.2, 0.25) is 0 Å².